The highest BCUT2D eigenvalue weighted by atomic mass is 19.1. The van der Waals surface area contributed by atoms with Crippen molar-refractivity contribution in [2.45, 2.75) is 6.92 Å². The van der Waals surface area contributed by atoms with Crippen LogP contribution in [0.4, 0.5) is 10.1 Å². The largest absolute Gasteiger partial charge is 0.465 e. The van der Waals surface area contributed by atoms with Crippen molar-refractivity contribution >= 4 is 23.6 Å². The number of carbonyl (C=O) groups is 2. The van der Waals surface area contributed by atoms with E-state index >= 15 is 0 Å². The fraction of sp³-hybridized carbons (Fsp3) is 0.100. The third-order valence-corrected chi connectivity index (χ3v) is 3.98. The summed E-state index contributed by atoms with van der Waals surface area (Å²) in [4.78, 5) is 26.6. The molecule has 0 radical (unpaired) electrons. The predicted octanol–water partition coefficient (Wildman–Crippen LogP) is 3.70. The van der Waals surface area contributed by atoms with E-state index in [1.807, 2.05) is 30.3 Å². The molecular formula is C20H16FNO3. The zero-order valence-corrected chi connectivity index (χ0v) is 13.8. The van der Waals surface area contributed by atoms with Gasteiger partial charge in [-0.1, -0.05) is 30.3 Å². The van der Waals surface area contributed by atoms with Gasteiger partial charge in [-0.3, -0.25) is 9.69 Å². The Morgan fingerprint density at radius 1 is 1.08 bits per heavy atom. The van der Waals surface area contributed by atoms with Gasteiger partial charge in [0.1, 0.15) is 5.82 Å². The van der Waals surface area contributed by atoms with Crippen molar-refractivity contribution in [2.24, 2.45) is 0 Å². The van der Waals surface area contributed by atoms with Gasteiger partial charge in [0.2, 0.25) is 0 Å². The van der Waals surface area contributed by atoms with Crippen LogP contribution in [0.1, 0.15) is 12.5 Å². The molecule has 2 aromatic rings. The van der Waals surface area contributed by atoms with Gasteiger partial charge in [-0.05, 0) is 42.8 Å². The number of hydrogen-bond donors (Lipinski definition) is 0. The second kappa shape index (κ2) is 6.73. The molecule has 1 aliphatic rings. The lowest BCUT2D eigenvalue weighted by molar-refractivity contribution is -0.136. The molecule has 0 saturated heterocycles. The molecule has 0 aromatic heterocycles. The van der Waals surface area contributed by atoms with Gasteiger partial charge in [0.05, 0.1) is 18.3 Å². The number of esters is 1. The first kappa shape index (κ1) is 16.6. The Morgan fingerprint density at radius 3 is 2.32 bits per heavy atom. The van der Waals surface area contributed by atoms with Gasteiger partial charge in [0.25, 0.3) is 5.91 Å². The summed E-state index contributed by atoms with van der Waals surface area (Å²) in [5.41, 5.74) is 2.19. The van der Waals surface area contributed by atoms with Crippen LogP contribution in [0.25, 0.3) is 6.08 Å². The third-order valence-electron chi connectivity index (χ3n) is 3.98. The number of methoxy groups -OCH3 is 1. The number of halogens is 1. The summed E-state index contributed by atoms with van der Waals surface area (Å²) in [6, 6.07) is 14.8. The predicted molar refractivity (Wildman–Crippen MR) is 93.0 cm³/mol. The minimum atomic E-state index is -0.586. The molecular weight excluding hydrogens is 321 g/mol. The Morgan fingerprint density at radius 2 is 1.72 bits per heavy atom. The first-order chi connectivity index (χ1) is 12.0. The molecule has 0 fully saturated rings. The normalized spacial score (nSPS) is 15.9. The number of nitrogens with zero attached hydrogens (tertiary/aromatic N) is 1. The first-order valence-corrected chi connectivity index (χ1v) is 7.69. The van der Waals surface area contributed by atoms with Crippen LogP contribution in [0.3, 0.4) is 0 Å². The number of ether oxygens (including phenoxy) is 1. The third kappa shape index (κ3) is 3.08. The summed E-state index contributed by atoms with van der Waals surface area (Å²) in [5, 5.41) is 0. The maximum atomic E-state index is 13.2. The van der Waals surface area contributed by atoms with E-state index in [2.05, 4.69) is 0 Å². The molecule has 1 heterocycles. The molecule has 25 heavy (non-hydrogen) atoms. The van der Waals surface area contributed by atoms with Crippen molar-refractivity contribution in [3.05, 3.63) is 82.8 Å². The zero-order chi connectivity index (χ0) is 18.0. The van der Waals surface area contributed by atoms with Crippen LogP contribution in [-0.4, -0.2) is 19.0 Å². The molecule has 0 atom stereocenters. The lowest BCUT2D eigenvalue weighted by atomic mass is 10.0. The van der Waals surface area contributed by atoms with Crippen molar-refractivity contribution < 1.29 is 18.7 Å². The Labute approximate surface area is 144 Å². The minimum Gasteiger partial charge on any atom is -0.465 e. The maximum Gasteiger partial charge on any atom is 0.340 e. The summed E-state index contributed by atoms with van der Waals surface area (Å²) in [7, 11) is 1.27. The van der Waals surface area contributed by atoms with Gasteiger partial charge in [-0.15, -0.1) is 0 Å². The molecule has 1 aliphatic heterocycles. The second-order valence-corrected chi connectivity index (χ2v) is 5.54. The molecule has 1 amide bonds. The zero-order valence-electron chi connectivity index (χ0n) is 13.8. The van der Waals surface area contributed by atoms with E-state index in [4.69, 9.17) is 4.74 Å². The lowest BCUT2D eigenvalue weighted by Gasteiger charge is -2.17. The van der Waals surface area contributed by atoms with Crippen molar-refractivity contribution in [3.63, 3.8) is 0 Å². The van der Waals surface area contributed by atoms with E-state index in [-0.39, 0.29) is 17.1 Å². The lowest BCUT2D eigenvalue weighted by Crippen LogP contribution is -2.24. The summed E-state index contributed by atoms with van der Waals surface area (Å²) in [6.45, 7) is 1.67. The summed E-state index contributed by atoms with van der Waals surface area (Å²) in [5.74, 6) is -1.34. The van der Waals surface area contributed by atoms with E-state index in [9.17, 15) is 14.0 Å². The van der Waals surface area contributed by atoms with Gasteiger partial charge in [-0.25, -0.2) is 9.18 Å². The van der Waals surface area contributed by atoms with E-state index in [1.165, 1.54) is 36.3 Å². The summed E-state index contributed by atoms with van der Waals surface area (Å²) in [6.07, 6.45) is 1.65. The van der Waals surface area contributed by atoms with Gasteiger partial charge in [-0.2, -0.15) is 0 Å². The van der Waals surface area contributed by atoms with Crippen LogP contribution in [0.2, 0.25) is 0 Å². The Bertz CT molecular complexity index is 883. The monoisotopic (exact) mass is 337 g/mol. The molecule has 2 aromatic carbocycles. The number of anilines is 1. The van der Waals surface area contributed by atoms with Crippen LogP contribution in [0.5, 0.6) is 0 Å². The highest BCUT2D eigenvalue weighted by Crippen LogP contribution is 2.35. The molecule has 5 heteroatoms. The van der Waals surface area contributed by atoms with Crippen molar-refractivity contribution in [1.82, 2.24) is 0 Å². The van der Waals surface area contributed by atoms with Crippen LogP contribution in [0, 0.1) is 5.82 Å². The van der Waals surface area contributed by atoms with Gasteiger partial charge < -0.3 is 4.74 Å². The SMILES string of the molecule is COC(=O)C1=C(C)N(c2ccc(F)cc2)C(=O)/C1=C\c1ccccc1. The van der Waals surface area contributed by atoms with E-state index in [1.54, 1.807) is 13.0 Å². The summed E-state index contributed by atoms with van der Waals surface area (Å²) < 4.78 is 18.0. The first-order valence-electron chi connectivity index (χ1n) is 7.69. The van der Waals surface area contributed by atoms with E-state index in [0.29, 0.717) is 11.4 Å². The molecule has 4 nitrogen and oxygen atoms in total. The molecule has 0 N–H and O–H groups in total. The molecule has 0 bridgehead atoms. The molecule has 0 aliphatic carbocycles. The highest BCUT2D eigenvalue weighted by Gasteiger charge is 2.37. The van der Waals surface area contributed by atoms with Crippen LogP contribution < -0.4 is 4.90 Å². The number of allylic oxidation sites excluding steroid dienone is 1. The number of hydrogen-bond acceptors (Lipinski definition) is 3. The Kier molecular flexibility index (Phi) is 4.48. The number of carbonyl (C=O) groups excluding carboxylic acids is 2. The fourth-order valence-corrected chi connectivity index (χ4v) is 2.80. The number of amides is 1. The quantitative estimate of drug-likeness (QED) is 0.634. The average Bonchev–Trinajstić information content (AvgIpc) is 2.86. The fourth-order valence-electron chi connectivity index (χ4n) is 2.80. The topological polar surface area (TPSA) is 46.6 Å². The molecule has 126 valence electrons. The maximum absolute atomic E-state index is 13.2. The van der Waals surface area contributed by atoms with Crippen LogP contribution in [-0.2, 0) is 14.3 Å². The van der Waals surface area contributed by atoms with Gasteiger partial charge in [0.15, 0.2) is 0 Å². The molecule has 0 unspecified atom stereocenters. The molecule has 0 saturated carbocycles. The van der Waals surface area contributed by atoms with Crippen molar-refractivity contribution in [1.29, 1.82) is 0 Å². The summed E-state index contributed by atoms with van der Waals surface area (Å²) >= 11 is 0. The van der Waals surface area contributed by atoms with Gasteiger partial charge >= 0.3 is 5.97 Å². The smallest absolute Gasteiger partial charge is 0.340 e. The van der Waals surface area contributed by atoms with Crippen molar-refractivity contribution in [2.75, 3.05) is 12.0 Å². The van der Waals surface area contributed by atoms with Gasteiger partial charge in [0, 0.05) is 11.4 Å². The van der Waals surface area contributed by atoms with Crippen molar-refractivity contribution in [3.8, 4) is 0 Å². The number of rotatable bonds is 3. The minimum absolute atomic E-state index is 0.209. The average molecular weight is 337 g/mol. The van der Waals surface area contributed by atoms with Crippen LogP contribution in [0.15, 0.2) is 71.4 Å². The highest BCUT2D eigenvalue weighted by molar-refractivity contribution is 6.23. The second-order valence-electron chi connectivity index (χ2n) is 5.54. The number of benzene rings is 2. The molecule has 0 spiro atoms. The molecule has 3 rings (SSSR count). The van der Waals surface area contributed by atoms with E-state index < -0.39 is 11.8 Å². The standard InChI is InChI=1S/C20H16FNO3/c1-13-18(20(24)25-2)17(12-14-6-4-3-5-7-14)19(23)22(13)16-10-8-15(21)9-11-16/h3-12H,1-2H3/b17-12-. The van der Waals surface area contributed by atoms with Crippen LogP contribution >= 0.6 is 0 Å². The van der Waals surface area contributed by atoms with E-state index in [0.717, 1.165) is 5.56 Å². The Balaban J connectivity index is 2.13. The Hall–Kier alpha value is -3.21.